The minimum absolute atomic E-state index is 0.151. The van der Waals surface area contributed by atoms with Gasteiger partial charge in [-0.05, 0) is 36.8 Å². The summed E-state index contributed by atoms with van der Waals surface area (Å²) in [7, 11) is 1.55. The van der Waals surface area contributed by atoms with Crippen molar-refractivity contribution in [1.29, 1.82) is 0 Å². The Labute approximate surface area is 193 Å². The van der Waals surface area contributed by atoms with Gasteiger partial charge in [0.25, 0.3) is 5.91 Å². The third-order valence-corrected chi connectivity index (χ3v) is 5.36. The Hall–Kier alpha value is -4.05. The van der Waals surface area contributed by atoms with Gasteiger partial charge in [-0.2, -0.15) is 0 Å². The molecule has 0 saturated heterocycles. The van der Waals surface area contributed by atoms with Crippen molar-refractivity contribution in [2.24, 2.45) is 0 Å². The van der Waals surface area contributed by atoms with Crippen LogP contribution in [0, 0.1) is 0 Å². The highest BCUT2D eigenvalue weighted by Gasteiger charge is 2.23. The predicted molar refractivity (Wildman–Crippen MR) is 121 cm³/mol. The van der Waals surface area contributed by atoms with Gasteiger partial charge in [0.15, 0.2) is 6.61 Å². The molecular weight excluding hydrogens is 450 g/mol. The van der Waals surface area contributed by atoms with E-state index in [2.05, 4.69) is 5.32 Å². The van der Waals surface area contributed by atoms with Gasteiger partial charge in [0, 0.05) is 17.0 Å². The smallest absolute Gasteiger partial charge is 0.342 e. The first-order valence-corrected chi connectivity index (χ1v) is 10.6. The standard InChI is InChI=1S/C23H21NO8S/c1-3-31-23(29)20-17(13-4-7-15(30-2)8-5-13)12-33-21(20)24-19(27)11-32-22(28)16-9-6-14(25)10-18(16)26/h4-10,12,25-26H,3,11H2,1-2H3,(H,24,27). The van der Waals surface area contributed by atoms with Crippen LogP contribution in [0.3, 0.4) is 0 Å². The second kappa shape index (κ2) is 10.5. The number of hydrogen-bond acceptors (Lipinski definition) is 9. The van der Waals surface area contributed by atoms with Gasteiger partial charge in [-0.15, -0.1) is 11.3 Å². The fourth-order valence-electron chi connectivity index (χ4n) is 2.90. The van der Waals surface area contributed by atoms with Crippen molar-refractivity contribution in [2.75, 3.05) is 25.6 Å². The van der Waals surface area contributed by atoms with Crippen molar-refractivity contribution in [3.05, 3.63) is 59.0 Å². The fraction of sp³-hybridized carbons (Fsp3) is 0.174. The highest BCUT2D eigenvalue weighted by Crippen LogP contribution is 2.37. The Morgan fingerprint density at radius 1 is 1.00 bits per heavy atom. The van der Waals surface area contributed by atoms with E-state index in [0.29, 0.717) is 11.3 Å². The lowest BCUT2D eigenvalue weighted by Gasteiger charge is -2.10. The molecule has 1 amide bonds. The molecule has 2 aromatic carbocycles. The topological polar surface area (TPSA) is 131 Å². The second-order valence-electron chi connectivity index (χ2n) is 6.63. The first-order valence-electron chi connectivity index (χ1n) is 9.76. The number of carbonyl (C=O) groups is 3. The van der Waals surface area contributed by atoms with Crippen LogP contribution in [0.5, 0.6) is 17.2 Å². The van der Waals surface area contributed by atoms with Crippen LogP contribution in [-0.2, 0) is 14.3 Å². The van der Waals surface area contributed by atoms with Crippen LogP contribution in [0.4, 0.5) is 5.00 Å². The number of amides is 1. The van der Waals surface area contributed by atoms with Crippen LogP contribution in [0.2, 0.25) is 0 Å². The Balaban J connectivity index is 1.76. The number of benzene rings is 2. The van der Waals surface area contributed by atoms with E-state index in [4.69, 9.17) is 14.2 Å². The molecule has 0 spiro atoms. The summed E-state index contributed by atoms with van der Waals surface area (Å²) in [6.45, 7) is 1.17. The maximum Gasteiger partial charge on any atom is 0.342 e. The number of thiophene rings is 1. The Morgan fingerprint density at radius 3 is 2.36 bits per heavy atom. The number of esters is 2. The molecule has 0 aliphatic heterocycles. The zero-order chi connectivity index (χ0) is 24.0. The Kier molecular flexibility index (Phi) is 7.52. The summed E-state index contributed by atoms with van der Waals surface area (Å²) >= 11 is 1.13. The molecule has 0 fully saturated rings. The third-order valence-electron chi connectivity index (χ3n) is 4.46. The van der Waals surface area contributed by atoms with Gasteiger partial charge in [-0.25, -0.2) is 9.59 Å². The molecule has 0 aliphatic rings. The molecule has 3 aromatic rings. The second-order valence-corrected chi connectivity index (χ2v) is 7.51. The molecule has 1 heterocycles. The fourth-order valence-corrected chi connectivity index (χ4v) is 3.88. The minimum atomic E-state index is -0.946. The van der Waals surface area contributed by atoms with E-state index in [-0.39, 0.29) is 28.5 Å². The third kappa shape index (κ3) is 5.60. The van der Waals surface area contributed by atoms with E-state index in [9.17, 15) is 24.6 Å². The Bertz CT molecular complexity index is 1170. The molecule has 0 saturated carbocycles. The first-order chi connectivity index (χ1) is 15.8. The van der Waals surface area contributed by atoms with E-state index < -0.39 is 30.2 Å². The molecule has 172 valence electrons. The van der Waals surface area contributed by atoms with Gasteiger partial charge in [-0.1, -0.05) is 12.1 Å². The van der Waals surface area contributed by atoms with Crippen LogP contribution in [-0.4, -0.2) is 48.4 Å². The normalized spacial score (nSPS) is 10.4. The average molecular weight is 471 g/mol. The number of anilines is 1. The summed E-state index contributed by atoms with van der Waals surface area (Å²) in [5.41, 5.74) is 1.28. The largest absolute Gasteiger partial charge is 0.508 e. The molecule has 10 heteroatoms. The van der Waals surface area contributed by atoms with Crippen LogP contribution in [0.15, 0.2) is 47.8 Å². The van der Waals surface area contributed by atoms with Crippen LogP contribution < -0.4 is 10.1 Å². The van der Waals surface area contributed by atoms with E-state index in [0.717, 1.165) is 23.0 Å². The lowest BCUT2D eigenvalue weighted by Crippen LogP contribution is -2.21. The number of phenols is 2. The molecule has 1 aromatic heterocycles. The molecule has 33 heavy (non-hydrogen) atoms. The van der Waals surface area contributed by atoms with Crippen LogP contribution in [0.1, 0.15) is 27.6 Å². The number of nitrogens with one attached hydrogen (secondary N) is 1. The van der Waals surface area contributed by atoms with Gasteiger partial charge in [-0.3, -0.25) is 4.79 Å². The number of aromatic hydroxyl groups is 2. The maximum absolute atomic E-state index is 12.6. The molecule has 9 nitrogen and oxygen atoms in total. The predicted octanol–water partition coefficient (Wildman–Crippen LogP) is 3.81. The zero-order valence-corrected chi connectivity index (χ0v) is 18.6. The highest BCUT2D eigenvalue weighted by molar-refractivity contribution is 7.15. The number of hydrogen-bond donors (Lipinski definition) is 3. The first kappa shape index (κ1) is 23.6. The summed E-state index contributed by atoms with van der Waals surface area (Å²) in [6, 6.07) is 10.4. The van der Waals surface area contributed by atoms with Gasteiger partial charge in [0.2, 0.25) is 0 Å². The molecule has 3 rings (SSSR count). The summed E-state index contributed by atoms with van der Waals surface area (Å²) in [5, 5.41) is 23.6. The molecule has 0 atom stereocenters. The number of rotatable bonds is 8. The van der Waals surface area contributed by atoms with E-state index >= 15 is 0 Å². The quantitative estimate of drug-likeness (QED) is 0.423. The number of methoxy groups -OCH3 is 1. The van der Waals surface area contributed by atoms with Gasteiger partial charge in [0.1, 0.15) is 33.4 Å². The maximum atomic E-state index is 12.6. The zero-order valence-electron chi connectivity index (χ0n) is 17.8. The molecule has 0 unspecified atom stereocenters. The Morgan fingerprint density at radius 2 is 1.73 bits per heavy atom. The molecular formula is C23H21NO8S. The van der Waals surface area contributed by atoms with Gasteiger partial charge >= 0.3 is 11.9 Å². The minimum Gasteiger partial charge on any atom is -0.508 e. The number of ether oxygens (including phenoxy) is 3. The van der Waals surface area contributed by atoms with Crippen molar-refractivity contribution < 1.29 is 38.8 Å². The molecule has 3 N–H and O–H groups in total. The summed E-state index contributed by atoms with van der Waals surface area (Å²) in [5.74, 6) is -2.28. The van der Waals surface area contributed by atoms with Gasteiger partial charge < -0.3 is 29.7 Å². The van der Waals surface area contributed by atoms with Crippen molar-refractivity contribution >= 4 is 34.2 Å². The van der Waals surface area contributed by atoms with Crippen molar-refractivity contribution in [2.45, 2.75) is 6.92 Å². The number of phenolic OH excluding ortho intramolecular Hbond substituents is 2. The van der Waals surface area contributed by atoms with E-state index in [1.54, 1.807) is 43.7 Å². The summed E-state index contributed by atoms with van der Waals surface area (Å²) in [6.07, 6.45) is 0. The van der Waals surface area contributed by atoms with E-state index in [1.807, 2.05) is 0 Å². The lowest BCUT2D eigenvalue weighted by molar-refractivity contribution is -0.119. The summed E-state index contributed by atoms with van der Waals surface area (Å²) in [4.78, 5) is 37.1. The van der Waals surface area contributed by atoms with Crippen LogP contribution >= 0.6 is 11.3 Å². The highest BCUT2D eigenvalue weighted by atomic mass is 32.1. The van der Waals surface area contributed by atoms with Crippen molar-refractivity contribution in [3.63, 3.8) is 0 Å². The SMILES string of the molecule is CCOC(=O)c1c(-c2ccc(OC)cc2)csc1NC(=O)COC(=O)c1ccc(O)cc1O. The monoisotopic (exact) mass is 471 g/mol. The van der Waals surface area contributed by atoms with Crippen LogP contribution in [0.25, 0.3) is 11.1 Å². The average Bonchev–Trinajstić information content (AvgIpc) is 3.21. The molecule has 0 bridgehead atoms. The molecule has 0 radical (unpaired) electrons. The van der Waals surface area contributed by atoms with E-state index in [1.165, 1.54) is 12.1 Å². The summed E-state index contributed by atoms with van der Waals surface area (Å²) < 4.78 is 15.2. The lowest BCUT2D eigenvalue weighted by atomic mass is 10.0. The number of carbonyl (C=O) groups excluding carboxylic acids is 3. The van der Waals surface area contributed by atoms with Crippen molar-refractivity contribution in [3.8, 4) is 28.4 Å². The van der Waals surface area contributed by atoms with Gasteiger partial charge in [0.05, 0.1) is 13.7 Å². The van der Waals surface area contributed by atoms with Crippen molar-refractivity contribution in [1.82, 2.24) is 0 Å². The molecule has 0 aliphatic carbocycles.